The molecule has 18 heavy (non-hydrogen) atoms. The molecule has 0 saturated carbocycles. The molecule has 1 unspecified atom stereocenters. The summed E-state index contributed by atoms with van der Waals surface area (Å²) in [5.41, 5.74) is -0.556. The molecule has 1 N–H and O–H groups in total. The highest BCUT2D eigenvalue weighted by Gasteiger charge is 2.24. The molecule has 0 aliphatic carbocycles. The zero-order valence-corrected chi connectivity index (χ0v) is 9.88. The van der Waals surface area contributed by atoms with Crippen molar-refractivity contribution < 1.29 is 24.4 Å². The van der Waals surface area contributed by atoms with Gasteiger partial charge in [0.25, 0.3) is 0 Å². The number of carbonyl (C=O) groups excluding carboxylic acids is 1. The van der Waals surface area contributed by atoms with Gasteiger partial charge in [-0.25, -0.2) is 4.79 Å². The van der Waals surface area contributed by atoms with Gasteiger partial charge >= 0.3 is 11.7 Å². The topological polar surface area (TPSA) is 107 Å². The minimum atomic E-state index is -1.30. The van der Waals surface area contributed by atoms with Crippen molar-refractivity contribution in [3.8, 4) is 5.75 Å². The molecule has 1 aromatic carbocycles. The van der Waals surface area contributed by atoms with Crippen LogP contribution in [0.25, 0.3) is 0 Å². The van der Waals surface area contributed by atoms with Crippen LogP contribution in [0, 0.1) is 10.1 Å². The van der Waals surface area contributed by atoms with Crippen LogP contribution >= 0.6 is 11.6 Å². The van der Waals surface area contributed by atoms with Gasteiger partial charge in [0.05, 0.1) is 9.95 Å². The normalized spacial score (nSPS) is 11.7. The first-order valence-corrected chi connectivity index (χ1v) is 5.07. The van der Waals surface area contributed by atoms with Gasteiger partial charge in [0.1, 0.15) is 6.29 Å². The number of nitro benzene ring substituents is 1. The second-order valence-electron chi connectivity index (χ2n) is 3.32. The van der Waals surface area contributed by atoms with Crippen molar-refractivity contribution in [3.05, 3.63) is 32.8 Å². The number of nitro groups is 1. The van der Waals surface area contributed by atoms with E-state index in [1.165, 1.54) is 6.92 Å². The standard InChI is InChI=1S/C10H8ClNO6/c1-5(10(14)15)18-9-7(11)2-6(4-13)3-8(9)12(16)17/h2-5H,1H3,(H,14,15). The van der Waals surface area contributed by atoms with E-state index < -0.39 is 22.7 Å². The fourth-order valence-corrected chi connectivity index (χ4v) is 1.41. The summed E-state index contributed by atoms with van der Waals surface area (Å²) >= 11 is 5.72. The van der Waals surface area contributed by atoms with Gasteiger partial charge in [-0.05, 0) is 13.0 Å². The van der Waals surface area contributed by atoms with Gasteiger partial charge < -0.3 is 9.84 Å². The second-order valence-corrected chi connectivity index (χ2v) is 3.73. The van der Waals surface area contributed by atoms with Crippen molar-refractivity contribution in [1.82, 2.24) is 0 Å². The summed E-state index contributed by atoms with van der Waals surface area (Å²) in [5, 5.41) is 19.3. The van der Waals surface area contributed by atoms with E-state index in [4.69, 9.17) is 21.4 Å². The first-order valence-electron chi connectivity index (χ1n) is 4.69. The van der Waals surface area contributed by atoms with E-state index in [2.05, 4.69) is 0 Å². The van der Waals surface area contributed by atoms with E-state index in [0.717, 1.165) is 12.1 Å². The molecule has 0 fully saturated rings. The summed E-state index contributed by atoms with van der Waals surface area (Å²) in [6, 6.07) is 2.12. The van der Waals surface area contributed by atoms with Crippen molar-refractivity contribution in [2.75, 3.05) is 0 Å². The smallest absolute Gasteiger partial charge is 0.344 e. The summed E-state index contributed by atoms with van der Waals surface area (Å²) in [6.07, 6.45) is -0.910. The van der Waals surface area contributed by atoms with Gasteiger partial charge in [0.15, 0.2) is 6.10 Å². The predicted octanol–water partition coefficient (Wildman–Crippen LogP) is 1.91. The molecule has 0 aliphatic heterocycles. The van der Waals surface area contributed by atoms with Crippen molar-refractivity contribution in [3.63, 3.8) is 0 Å². The third-order valence-corrected chi connectivity index (χ3v) is 2.30. The molecule has 0 amide bonds. The molecular weight excluding hydrogens is 266 g/mol. The highest BCUT2D eigenvalue weighted by Crippen LogP contribution is 2.36. The molecule has 7 nitrogen and oxygen atoms in total. The van der Waals surface area contributed by atoms with Gasteiger partial charge in [0.2, 0.25) is 5.75 Å². The Balaban J connectivity index is 3.28. The molecule has 0 saturated heterocycles. The minimum absolute atomic E-state index is 0.00188. The first kappa shape index (κ1) is 13.9. The monoisotopic (exact) mass is 273 g/mol. The number of hydrogen-bond acceptors (Lipinski definition) is 5. The highest BCUT2D eigenvalue weighted by molar-refractivity contribution is 6.32. The van der Waals surface area contributed by atoms with Crippen LogP contribution in [0.1, 0.15) is 17.3 Å². The van der Waals surface area contributed by atoms with Crippen LogP contribution in [0.15, 0.2) is 12.1 Å². The van der Waals surface area contributed by atoms with E-state index in [0.29, 0.717) is 6.29 Å². The van der Waals surface area contributed by atoms with Crippen LogP contribution in [0.3, 0.4) is 0 Å². The van der Waals surface area contributed by atoms with Gasteiger partial charge in [-0.2, -0.15) is 0 Å². The van der Waals surface area contributed by atoms with Crippen LogP contribution in [0.2, 0.25) is 5.02 Å². The molecule has 1 aromatic rings. The van der Waals surface area contributed by atoms with Crippen molar-refractivity contribution in [2.24, 2.45) is 0 Å². The second kappa shape index (κ2) is 5.46. The van der Waals surface area contributed by atoms with E-state index in [1.807, 2.05) is 0 Å². The summed E-state index contributed by atoms with van der Waals surface area (Å²) in [7, 11) is 0. The molecule has 0 heterocycles. The van der Waals surface area contributed by atoms with Gasteiger partial charge in [-0.1, -0.05) is 11.6 Å². The average molecular weight is 274 g/mol. The number of hydrogen-bond donors (Lipinski definition) is 1. The summed E-state index contributed by atoms with van der Waals surface area (Å²) in [6.45, 7) is 1.20. The number of ether oxygens (including phenoxy) is 1. The minimum Gasteiger partial charge on any atom is -0.479 e. The number of nitrogens with zero attached hydrogens (tertiary/aromatic N) is 1. The van der Waals surface area contributed by atoms with Crippen LogP contribution < -0.4 is 4.74 Å². The third-order valence-electron chi connectivity index (χ3n) is 2.02. The Morgan fingerprint density at radius 1 is 1.61 bits per heavy atom. The Morgan fingerprint density at radius 2 is 2.22 bits per heavy atom. The Kier molecular flexibility index (Phi) is 4.22. The number of aldehydes is 1. The van der Waals surface area contributed by atoms with E-state index >= 15 is 0 Å². The molecule has 8 heteroatoms. The molecule has 0 spiro atoms. The number of halogens is 1. The summed E-state index contributed by atoms with van der Waals surface area (Å²) < 4.78 is 4.91. The number of carboxylic acid groups (broad SMARTS) is 1. The quantitative estimate of drug-likeness (QED) is 0.499. The summed E-state index contributed by atoms with van der Waals surface area (Å²) in [5.74, 6) is -1.66. The summed E-state index contributed by atoms with van der Waals surface area (Å²) in [4.78, 5) is 31.2. The number of carbonyl (C=O) groups is 2. The Labute approximate surface area is 106 Å². The van der Waals surface area contributed by atoms with E-state index in [-0.39, 0.29) is 16.3 Å². The van der Waals surface area contributed by atoms with Gasteiger partial charge in [0, 0.05) is 11.6 Å². The lowest BCUT2D eigenvalue weighted by molar-refractivity contribution is -0.386. The zero-order valence-electron chi connectivity index (χ0n) is 9.12. The number of carboxylic acids is 1. The Bertz CT molecular complexity index is 515. The lowest BCUT2D eigenvalue weighted by Crippen LogP contribution is -2.23. The number of aliphatic carboxylic acids is 1. The van der Waals surface area contributed by atoms with Gasteiger partial charge in [-0.3, -0.25) is 14.9 Å². The Morgan fingerprint density at radius 3 is 2.67 bits per heavy atom. The molecule has 0 aromatic heterocycles. The highest BCUT2D eigenvalue weighted by atomic mass is 35.5. The molecule has 0 aliphatic rings. The van der Waals surface area contributed by atoms with Gasteiger partial charge in [-0.15, -0.1) is 0 Å². The van der Waals surface area contributed by atoms with Crippen LogP contribution in [-0.2, 0) is 4.79 Å². The maximum atomic E-state index is 10.8. The van der Waals surface area contributed by atoms with E-state index in [9.17, 15) is 19.7 Å². The molecule has 1 rings (SSSR count). The lowest BCUT2D eigenvalue weighted by Gasteiger charge is -2.12. The molecule has 0 bridgehead atoms. The average Bonchev–Trinajstić information content (AvgIpc) is 2.30. The third kappa shape index (κ3) is 2.95. The first-order chi connectivity index (χ1) is 8.36. The SMILES string of the molecule is CC(Oc1c(Cl)cc(C=O)cc1[N+](=O)[O-])C(=O)O. The molecule has 0 radical (unpaired) electrons. The maximum Gasteiger partial charge on any atom is 0.344 e. The van der Waals surface area contributed by atoms with Crippen LogP contribution in [-0.4, -0.2) is 28.4 Å². The molecule has 96 valence electrons. The fraction of sp³-hybridized carbons (Fsp3) is 0.200. The van der Waals surface area contributed by atoms with Crippen LogP contribution in [0.5, 0.6) is 5.75 Å². The predicted molar refractivity (Wildman–Crippen MR) is 61.2 cm³/mol. The fourth-order valence-electron chi connectivity index (χ4n) is 1.15. The van der Waals surface area contributed by atoms with Crippen molar-refractivity contribution in [2.45, 2.75) is 13.0 Å². The maximum absolute atomic E-state index is 10.8. The van der Waals surface area contributed by atoms with Crippen molar-refractivity contribution in [1.29, 1.82) is 0 Å². The number of rotatable bonds is 5. The van der Waals surface area contributed by atoms with Crippen molar-refractivity contribution >= 4 is 29.5 Å². The molecule has 1 atom stereocenters. The van der Waals surface area contributed by atoms with E-state index in [1.54, 1.807) is 0 Å². The van der Waals surface area contributed by atoms with Crippen LogP contribution in [0.4, 0.5) is 5.69 Å². The lowest BCUT2D eigenvalue weighted by atomic mass is 10.2. The largest absolute Gasteiger partial charge is 0.479 e. The number of benzene rings is 1. The zero-order chi connectivity index (χ0) is 13.9. The Hall–Kier alpha value is -2.15. The molecular formula is C10H8ClNO6.